The Hall–Kier alpha value is -2.71. The number of anilines is 1. The molecule has 2 atom stereocenters. The lowest BCUT2D eigenvalue weighted by atomic mass is 9.81. The van der Waals surface area contributed by atoms with Gasteiger partial charge in [-0.25, -0.2) is 4.98 Å². The molecule has 0 bridgehead atoms. The molecule has 0 radical (unpaired) electrons. The third-order valence-electron chi connectivity index (χ3n) is 6.36. The number of benzene rings is 2. The fourth-order valence-corrected chi connectivity index (χ4v) is 6.61. The van der Waals surface area contributed by atoms with E-state index in [4.69, 9.17) is 0 Å². The van der Waals surface area contributed by atoms with Gasteiger partial charge in [-0.15, -0.1) is 11.3 Å². The number of hydrogen-bond donors (Lipinski definition) is 1. The van der Waals surface area contributed by atoms with Crippen LogP contribution in [0, 0.1) is 11.8 Å². The van der Waals surface area contributed by atoms with Crippen molar-refractivity contribution in [1.29, 1.82) is 0 Å². The van der Waals surface area contributed by atoms with Gasteiger partial charge in [-0.05, 0) is 43.0 Å². The van der Waals surface area contributed by atoms with Gasteiger partial charge in [0.15, 0.2) is 4.34 Å². The van der Waals surface area contributed by atoms with E-state index in [0.29, 0.717) is 18.0 Å². The smallest absolute Gasteiger partial charge is 0.237 e. The Morgan fingerprint density at radius 1 is 1.06 bits per heavy atom. The van der Waals surface area contributed by atoms with E-state index in [1.165, 1.54) is 33.6 Å². The highest BCUT2D eigenvalue weighted by atomic mass is 32.2. The first-order valence-corrected chi connectivity index (χ1v) is 13.1. The molecule has 3 amide bonds. The number of fused-ring (bicyclic) bond motifs is 2. The van der Waals surface area contributed by atoms with Gasteiger partial charge in [-0.3, -0.25) is 19.3 Å². The second-order valence-electron chi connectivity index (χ2n) is 8.52. The molecule has 8 heteroatoms. The van der Waals surface area contributed by atoms with Crippen LogP contribution in [0.2, 0.25) is 0 Å². The number of imide groups is 1. The summed E-state index contributed by atoms with van der Waals surface area (Å²) >= 11 is 2.89. The molecule has 33 heavy (non-hydrogen) atoms. The van der Waals surface area contributed by atoms with Crippen molar-refractivity contribution in [3.63, 3.8) is 0 Å². The Balaban J connectivity index is 1.20. The third kappa shape index (κ3) is 4.68. The maximum atomic E-state index is 12.9. The number of aromatic nitrogens is 1. The highest BCUT2D eigenvalue weighted by Gasteiger charge is 2.48. The largest absolute Gasteiger partial charge is 0.355 e. The van der Waals surface area contributed by atoms with E-state index in [1.807, 2.05) is 42.5 Å². The lowest BCUT2D eigenvalue weighted by Gasteiger charge is -2.19. The van der Waals surface area contributed by atoms with Gasteiger partial charge >= 0.3 is 0 Å². The SMILES string of the molecule is O=C(CSc1nc2ccc(N3C(=O)[C@H]4CCCC[C@@H]4C3=O)cc2s1)NCCc1ccccc1. The first-order valence-electron chi connectivity index (χ1n) is 11.3. The second-order valence-corrected chi connectivity index (χ2v) is 10.8. The Labute approximate surface area is 200 Å². The van der Waals surface area contributed by atoms with E-state index in [1.54, 1.807) is 6.07 Å². The van der Waals surface area contributed by atoms with E-state index in [9.17, 15) is 14.4 Å². The third-order valence-corrected chi connectivity index (χ3v) is 8.52. The van der Waals surface area contributed by atoms with Gasteiger partial charge in [-0.1, -0.05) is 54.9 Å². The van der Waals surface area contributed by atoms with Gasteiger partial charge in [0.25, 0.3) is 0 Å². The number of carbonyl (C=O) groups is 3. The van der Waals surface area contributed by atoms with Crippen LogP contribution in [0.1, 0.15) is 31.2 Å². The molecule has 0 spiro atoms. The number of thiazole rings is 1. The highest BCUT2D eigenvalue weighted by molar-refractivity contribution is 8.01. The quantitative estimate of drug-likeness (QED) is 0.401. The highest BCUT2D eigenvalue weighted by Crippen LogP contribution is 2.41. The molecule has 170 valence electrons. The van der Waals surface area contributed by atoms with E-state index in [-0.39, 0.29) is 29.6 Å². The van der Waals surface area contributed by atoms with Crippen molar-refractivity contribution in [2.24, 2.45) is 11.8 Å². The van der Waals surface area contributed by atoms with Crippen LogP contribution in [-0.4, -0.2) is 35.0 Å². The van der Waals surface area contributed by atoms with Gasteiger partial charge in [0.1, 0.15) is 0 Å². The molecular formula is C25H25N3O3S2. The number of hydrogen-bond acceptors (Lipinski definition) is 6. The van der Waals surface area contributed by atoms with Gasteiger partial charge in [0.2, 0.25) is 17.7 Å². The predicted octanol–water partition coefficient (Wildman–Crippen LogP) is 4.43. The fourth-order valence-electron chi connectivity index (χ4n) is 4.68. The van der Waals surface area contributed by atoms with E-state index in [2.05, 4.69) is 10.3 Å². The molecule has 3 aromatic rings. The molecule has 6 nitrogen and oxygen atoms in total. The number of carbonyl (C=O) groups excluding carboxylic acids is 3. The van der Waals surface area contributed by atoms with Gasteiger partial charge in [-0.2, -0.15) is 0 Å². The zero-order valence-corrected chi connectivity index (χ0v) is 19.8. The molecule has 1 aliphatic heterocycles. The lowest BCUT2D eigenvalue weighted by molar-refractivity contribution is -0.122. The van der Waals surface area contributed by atoms with Gasteiger partial charge < -0.3 is 5.32 Å². The van der Waals surface area contributed by atoms with Crippen molar-refractivity contribution in [1.82, 2.24) is 10.3 Å². The molecule has 1 N–H and O–H groups in total. The summed E-state index contributed by atoms with van der Waals surface area (Å²) in [6, 6.07) is 15.6. The number of thioether (sulfide) groups is 1. The molecule has 2 heterocycles. The van der Waals surface area contributed by atoms with Crippen LogP contribution in [0.25, 0.3) is 10.2 Å². The molecule has 2 fully saturated rings. The van der Waals surface area contributed by atoms with Crippen molar-refractivity contribution >= 4 is 56.7 Å². The number of rotatable bonds is 7. The van der Waals surface area contributed by atoms with Crippen LogP contribution in [0.15, 0.2) is 52.9 Å². The molecule has 1 saturated heterocycles. The first kappa shape index (κ1) is 22.1. The maximum Gasteiger partial charge on any atom is 0.237 e. The molecule has 0 unspecified atom stereocenters. The zero-order chi connectivity index (χ0) is 22.8. The second kappa shape index (κ2) is 9.65. The van der Waals surface area contributed by atoms with Crippen molar-refractivity contribution in [3.05, 3.63) is 54.1 Å². The van der Waals surface area contributed by atoms with E-state index in [0.717, 1.165) is 46.7 Å². The molecule has 2 aromatic carbocycles. The van der Waals surface area contributed by atoms with Crippen LogP contribution in [0.3, 0.4) is 0 Å². The van der Waals surface area contributed by atoms with Gasteiger partial charge in [0.05, 0.1) is 33.5 Å². The molecule has 1 saturated carbocycles. The summed E-state index contributed by atoms with van der Waals surface area (Å²) in [5.74, 6) is -0.157. The fraction of sp³-hybridized carbons (Fsp3) is 0.360. The van der Waals surface area contributed by atoms with Crippen molar-refractivity contribution < 1.29 is 14.4 Å². The van der Waals surface area contributed by atoms with Crippen LogP contribution in [0.5, 0.6) is 0 Å². The minimum absolute atomic E-state index is 0.0215. The minimum Gasteiger partial charge on any atom is -0.355 e. The van der Waals surface area contributed by atoms with Crippen LogP contribution in [0.4, 0.5) is 5.69 Å². The summed E-state index contributed by atoms with van der Waals surface area (Å²) in [4.78, 5) is 44.0. The summed E-state index contributed by atoms with van der Waals surface area (Å²) in [7, 11) is 0. The van der Waals surface area contributed by atoms with Crippen LogP contribution < -0.4 is 10.2 Å². The minimum atomic E-state index is -0.157. The molecular weight excluding hydrogens is 454 g/mol. The molecule has 1 aromatic heterocycles. The summed E-state index contributed by atoms with van der Waals surface area (Å²) in [5.41, 5.74) is 2.64. The Bertz CT molecular complexity index is 1170. The predicted molar refractivity (Wildman–Crippen MR) is 131 cm³/mol. The van der Waals surface area contributed by atoms with Crippen molar-refractivity contribution in [2.45, 2.75) is 36.4 Å². The van der Waals surface area contributed by atoms with Crippen molar-refractivity contribution in [2.75, 3.05) is 17.2 Å². The van der Waals surface area contributed by atoms with Gasteiger partial charge in [0, 0.05) is 6.54 Å². The topological polar surface area (TPSA) is 79.4 Å². The number of nitrogens with one attached hydrogen (secondary N) is 1. The normalized spacial score (nSPS) is 20.3. The maximum absolute atomic E-state index is 12.9. The number of nitrogens with zero attached hydrogens (tertiary/aromatic N) is 2. The Morgan fingerprint density at radius 2 is 1.79 bits per heavy atom. The summed E-state index contributed by atoms with van der Waals surface area (Å²) < 4.78 is 1.71. The molecule has 2 aliphatic rings. The zero-order valence-electron chi connectivity index (χ0n) is 18.2. The number of amides is 3. The first-order chi connectivity index (χ1) is 16.1. The summed E-state index contributed by atoms with van der Waals surface area (Å²) in [6.07, 6.45) is 4.45. The van der Waals surface area contributed by atoms with E-state index < -0.39 is 0 Å². The monoisotopic (exact) mass is 479 g/mol. The average Bonchev–Trinajstić information content (AvgIpc) is 3.36. The van der Waals surface area contributed by atoms with E-state index >= 15 is 0 Å². The Kier molecular flexibility index (Phi) is 6.46. The Morgan fingerprint density at radius 3 is 2.52 bits per heavy atom. The summed E-state index contributed by atoms with van der Waals surface area (Å²) in [6.45, 7) is 0.604. The standard InChI is InChI=1S/C25H25N3O3S2/c29-22(26-13-12-16-6-2-1-3-7-16)15-32-25-27-20-11-10-17(14-21(20)33-25)28-23(30)18-8-4-5-9-19(18)24(28)31/h1-3,6-7,10-11,14,18-19H,4-5,8-9,12-13,15H2,(H,26,29)/t18-,19-/m0/s1. The van der Waals surface area contributed by atoms with Crippen LogP contribution >= 0.6 is 23.1 Å². The molecule has 5 rings (SSSR count). The average molecular weight is 480 g/mol. The summed E-state index contributed by atoms with van der Waals surface area (Å²) in [5, 5.41) is 2.95. The van der Waals surface area contributed by atoms with Crippen molar-refractivity contribution in [3.8, 4) is 0 Å². The van der Waals surface area contributed by atoms with Crippen LogP contribution in [-0.2, 0) is 20.8 Å². The molecule has 1 aliphatic carbocycles. The lowest BCUT2D eigenvalue weighted by Crippen LogP contribution is -2.30.